The highest BCUT2D eigenvalue weighted by Gasteiger charge is 2.11. The smallest absolute Gasteiger partial charge is 0.251 e. The van der Waals surface area contributed by atoms with E-state index in [4.69, 9.17) is 16.2 Å². The van der Waals surface area contributed by atoms with Crippen molar-refractivity contribution in [1.82, 2.24) is 5.32 Å². The molecule has 1 unspecified atom stereocenters. The Morgan fingerprint density at radius 3 is 2.80 bits per heavy atom. The van der Waals surface area contributed by atoms with Crippen LogP contribution in [0.3, 0.4) is 0 Å². The number of nitrogens with one attached hydrogen (secondary N) is 1. The molecule has 1 aromatic rings. The zero-order chi connectivity index (χ0) is 11.4. The molecular formula is C9H10ClNO3S. The zero-order valence-electron chi connectivity index (χ0n) is 7.99. The topological polar surface area (TPSA) is 66.4 Å². The molecule has 0 fully saturated rings. The molecule has 0 aliphatic heterocycles. The van der Waals surface area contributed by atoms with Crippen LogP contribution < -0.4 is 5.32 Å². The minimum absolute atomic E-state index is 0.0421. The first-order valence-electron chi connectivity index (χ1n) is 4.25. The van der Waals surface area contributed by atoms with Crippen molar-refractivity contribution in [2.75, 3.05) is 6.54 Å². The SMILES string of the molecule is CCNC(=O)c1ccc(Cl)c(S(=O)O)c1. The number of rotatable bonds is 3. The van der Waals surface area contributed by atoms with E-state index >= 15 is 0 Å². The maximum Gasteiger partial charge on any atom is 0.251 e. The van der Waals surface area contributed by atoms with Gasteiger partial charge < -0.3 is 9.87 Å². The second-order valence-corrected chi connectivity index (χ2v) is 4.10. The molecule has 1 amide bonds. The molecule has 0 saturated carbocycles. The predicted octanol–water partition coefficient (Wildman–Crippen LogP) is 1.67. The number of carbonyl (C=O) groups excluding carboxylic acids is 1. The van der Waals surface area contributed by atoms with Crippen LogP contribution in [-0.4, -0.2) is 21.2 Å². The Hall–Kier alpha value is -0.910. The van der Waals surface area contributed by atoms with Gasteiger partial charge in [0.2, 0.25) is 0 Å². The van der Waals surface area contributed by atoms with Crippen molar-refractivity contribution in [1.29, 1.82) is 0 Å². The number of carbonyl (C=O) groups is 1. The normalized spacial score (nSPS) is 12.2. The van der Waals surface area contributed by atoms with Crippen molar-refractivity contribution in [2.24, 2.45) is 0 Å². The Balaban J connectivity index is 3.07. The third kappa shape index (κ3) is 3.02. The third-order valence-corrected chi connectivity index (χ3v) is 2.87. The van der Waals surface area contributed by atoms with Crippen molar-refractivity contribution < 1.29 is 13.6 Å². The summed E-state index contributed by atoms with van der Waals surface area (Å²) in [4.78, 5) is 11.4. The number of hydrogen-bond acceptors (Lipinski definition) is 2. The predicted molar refractivity (Wildman–Crippen MR) is 58.5 cm³/mol. The van der Waals surface area contributed by atoms with Crippen LogP contribution in [0.1, 0.15) is 17.3 Å². The fraction of sp³-hybridized carbons (Fsp3) is 0.222. The molecule has 0 aliphatic rings. The number of amides is 1. The molecule has 82 valence electrons. The average Bonchev–Trinajstić information content (AvgIpc) is 2.18. The summed E-state index contributed by atoms with van der Waals surface area (Å²) in [5.41, 5.74) is 0.318. The van der Waals surface area contributed by atoms with Crippen LogP contribution in [0.5, 0.6) is 0 Å². The van der Waals surface area contributed by atoms with E-state index in [1.54, 1.807) is 6.92 Å². The highest BCUT2D eigenvalue weighted by Crippen LogP contribution is 2.20. The van der Waals surface area contributed by atoms with Crippen LogP contribution in [0, 0.1) is 0 Å². The Bertz CT molecular complexity index is 408. The molecule has 0 heterocycles. The first-order chi connectivity index (χ1) is 7.06. The Kier molecular flexibility index (Phi) is 4.26. The molecule has 6 heteroatoms. The van der Waals surface area contributed by atoms with E-state index in [-0.39, 0.29) is 15.8 Å². The quantitative estimate of drug-likeness (QED) is 0.799. The van der Waals surface area contributed by atoms with Crippen molar-refractivity contribution in [3.63, 3.8) is 0 Å². The van der Waals surface area contributed by atoms with Gasteiger partial charge in [-0.2, -0.15) is 0 Å². The van der Waals surface area contributed by atoms with E-state index in [1.165, 1.54) is 18.2 Å². The molecule has 0 aromatic heterocycles. The van der Waals surface area contributed by atoms with Crippen LogP contribution >= 0.6 is 11.6 Å². The summed E-state index contributed by atoms with van der Waals surface area (Å²) in [6, 6.07) is 4.24. The lowest BCUT2D eigenvalue weighted by molar-refractivity contribution is 0.0955. The van der Waals surface area contributed by atoms with Crippen LogP contribution in [0.15, 0.2) is 23.1 Å². The van der Waals surface area contributed by atoms with Crippen LogP contribution in [0.2, 0.25) is 5.02 Å². The van der Waals surface area contributed by atoms with Crippen molar-refractivity contribution in [2.45, 2.75) is 11.8 Å². The second-order valence-electron chi connectivity index (χ2n) is 2.75. The molecule has 1 aromatic carbocycles. The molecular weight excluding hydrogens is 238 g/mol. The number of halogens is 1. The lowest BCUT2D eigenvalue weighted by atomic mass is 10.2. The third-order valence-electron chi connectivity index (χ3n) is 1.72. The van der Waals surface area contributed by atoms with Gasteiger partial charge in [0.25, 0.3) is 5.91 Å². The molecule has 0 spiro atoms. The highest BCUT2D eigenvalue weighted by atomic mass is 35.5. The minimum atomic E-state index is -2.18. The Morgan fingerprint density at radius 1 is 1.60 bits per heavy atom. The van der Waals surface area contributed by atoms with Gasteiger partial charge in [0.15, 0.2) is 11.1 Å². The van der Waals surface area contributed by atoms with E-state index in [2.05, 4.69) is 5.32 Å². The van der Waals surface area contributed by atoms with E-state index in [1.807, 2.05) is 0 Å². The lowest BCUT2D eigenvalue weighted by Crippen LogP contribution is -2.22. The minimum Gasteiger partial charge on any atom is -0.352 e. The molecule has 0 bridgehead atoms. The average molecular weight is 248 g/mol. The first kappa shape index (κ1) is 12.2. The fourth-order valence-electron chi connectivity index (χ4n) is 1.04. The van der Waals surface area contributed by atoms with E-state index in [0.29, 0.717) is 12.1 Å². The molecule has 0 aliphatic carbocycles. The summed E-state index contributed by atoms with van der Waals surface area (Å²) < 4.78 is 19.7. The summed E-state index contributed by atoms with van der Waals surface area (Å²) in [6.45, 7) is 2.29. The molecule has 0 saturated heterocycles. The standard InChI is InChI=1S/C9H10ClNO3S/c1-2-11-9(12)6-3-4-7(10)8(5-6)15(13)14/h3-5H,2H2,1H3,(H,11,12)(H,13,14). The van der Waals surface area contributed by atoms with Gasteiger partial charge in [-0.3, -0.25) is 4.79 Å². The van der Waals surface area contributed by atoms with Crippen molar-refractivity contribution in [3.8, 4) is 0 Å². The second kappa shape index (κ2) is 5.25. The van der Waals surface area contributed by atoms with Crippen LogP contribution in [0.25, 0.3) is 0 Å². The van der Waals surface area contributed by atoms with Crippen molar-refractivity contribution in [3.05, 3.63) is 28.8 Å². The van der Waals surface area contributed by atoms with Crippen molar-refractivity contribution >= 4 is 28.6 Å². The van der Waals surface area contributed by atoms with Gasteiger partial charge in [-0.25, -0.2) is 4.21 Å². The largest absolute Gasteiger partial charge is 0.352 e. The summed E-state index contributed by atoms with van der Waals surface area (Å²) in [5.74, 6) is -0.291. The van der Waals surface area contributed by atoms with E-state index < -0.39 is 11.1 Å². The lowest BCUT2D eigenvalue weighted by Gasteiger charge is -2.04. The highest BCUT2D eigenvalue weighted by molar-refractivity contribution is 7.79. The summed E-state index contributed by atoms with van der Waals surface area (Å²) in [7, 11) is 0. The molecule has 0 radical (unpaired) electrons. The molecule has 1 atom stereocenters. The van der Waals surface area contributed by atoms with Gasteiger partial charge in [-0.15, -0.1) is 0 Å². The summed E-state index contributed by atoms with van der Waals surface area (Å²) >= 11 is 3.50. The first-order valence-corrected chi connectivity index (χ1v) is 5.73. The maximum atomic E-state index is 11.4. The van der Waals surface area contributed by atoms with Gasteiger partial charge >= 0.3 is 0 Å². The molecule has 2 N–H and O–H groups in total. The van der Waals surface area contributed by atoms with E-state index in [9.17, 15) is 9.00 Å². The Labute approximate surface area is 94.9 Å². The number of benzene rings is 1. The maximum absolute atomic E-state index is 11.4. The van der Waals surface area contributed by atoms with Gasteiger partial charge in [-0.05, 0) is 25.1 Å². The molecule has 4 nitrogen and oxygen atoms in total. The van der Waals surface area contributed by atoms with Gasteiger partial charge in [-0.1, -0.05) is 11.6 Å². The van der Waals surface area contributed by atoms with Gasteiger partial charge in [0, 0.05) is 12.1 Å². The van der Waals surface area contributed by atoms with Crippen LogP contribution in [0.4, 0.5) is 0 Å². The molecule has 15 heavy (non-hydrogen) atoms. The van der Waals surface area contributed by atoms with Crippen LogP contribution in [-0.2, 0) is 11.1 Å². The fourth-order valence-corrected chi connectivity index (χ4v) is 1.82. The monoisotopic (exact) mass is 247 g/mol. The van der Waals surface area contributed by atoms with Gasteiger partial charge in [0.05, 0.1) is 9.92 Å². The molecule has 1 rings (SSSR count). The summed E-state index contributed by atoms with van der Waals surface area (Å²) in [5, 5.41) is 2.76. The Morgan fingerprint density at radius 2 is 2.27 bits per heavy atom. The van der Waals surface area contributed by atoms with E-state index in [0.717, 1.165) is 0 Å². The zero-order valence-corrected chi connectivity index (χ0v) is 9.56. The van der Waals surface area contributed by atoms with Gasteiger partial charge in [0.1, 0.15) is 0 Å². The number of hydrogen-bond donors (Lipinski definition) is 2. The summed E-state index contributed by atoms with van der Waals surface area (Å²) in [6.07, 6.45) is 0.